The van der Waals surface area contributed by atoms with Gasteiger partial charge in [-0.1, -0.05) is 16.9 Å². The zero-order chi connectivity index (χ0) is 14.8. The Morgan fingerprint density at radius 2 is 2.19 bits per heavy atom. The third-order valence-corrected chi connectivity index (χ3v) is 4.95. The van der Waals surface area contributed by atoms with Crippen LogP contribution < -0.4 is 5.73 Å². The van der Waals surface area contributed by atoms with Crippen molar-refractivity contribution in [3.8, 4) is 10.7 Å². The highest BCUT2D eigenvalue weighted by molar-refractivity contribution is 9.10. The van der Waals surface area contributed by atoms with Gasteiger partial charge in [0, 0.05) is 21.6 Å². The third-order valence-electron chi connectivity index (χ3n) is 2.43. The van der Waals surface area contributed by atoms with Gasteiger partial charge in [-0.05, 0) is 28.9 Å². The summed E-state index contributed by atoms with van der Waals surface area (Å²) in [6.45, 7) is 1.88. The standard InChI is InChI=1S/C12H10BrN5OS2/c1-6-2-9(14)16-12(15-6)21-5-10-17-11(18-19-10)8-3-7(13)4-20-8/h2-4H,5H2,1H3,(H2,14,15,16). The quantitative estimate of drug-likeness (QED) is 0.543. The predicted molar refractivity (Wildman–Crippen MR) is 86.1 cm³/mol. The fourth-order valence-electron chi connectivity index (χ4n) is 1.60. The van der Waals surface area contributed by atoms with Crippen LogP contribution in [0.5, 0.6) is 0 Å². The second-order valence-corrected chi connectivity index (χ2v) is 6.92. The number of hydrogen-bond acceptors (Lipinski definition) is 8. The maximum Gasteiger partial charge on any atom is 0.237 e. The average Bonchev–Trinajstić information content (AvgIpc) is 3.04. The second kappa shape index (κ2) is 6.12. The van der Waals surface area contributed by atoms with Crippen LogP contribution in [0.4, 0.5) is 5.82 Å². The molecule has 0 atom stereocenters. The van der Waals surface area contributed by atoms with E-state index in [4.69, 9.17) is 10.3 Å². The summed E-state index contributed by atoms with van der Waals surface area (Å²) in [5.74, 6) is 2.08. The number of aromatic nitrogens is 4. The summed E-state index contributed by atoms with van der Waals surface area (Å²) in [6.07, 6.45) is 0. The van der Waals surface area contributed by atoms with Crippen molar-refractivity contribution in [1.29, 1.82) is 0 Å². The predicted octanol–water partition coefficient (Wildman–Crippen LogP) is 3.53. The highest BCUT2D eigenvalue weighted by Crippen LogP contribution is 2.28. The van der Waals surface area contributed by atoms with E-state index in [1.165, 1.54) is 11.8 Å². The number of thioether (sulfide) groups is 1. The van der Waals surface area contributed by atoms with E-state index in [-0.39, 0.29) is 0 Å². The van der Waals surface area contributed by atoms with E-state index in [9.17, 15) is 0 Å². The largest absolute Gasteiger partial charge is 0.384 e. The van der Waals surface area contributed by atoms with Gasteiger partial charge in [0.25, 0.3) is 0 Å². The Hall–Kier alpha value is -1.45. The molecule has 3 heterocycles. The molecule has 0 aliphatic heterocycles. The monoisotopic (exact) mass is 383 g/mol. The lowest BCUT2D eigenvalue weighted by molar-refractivity contribution is 0.391. The van der Waals surface area contributed by atoms with Crippen LogP contribution in [-0.4, -0.2) is 20.1 Å². The molecule has 0 aliphatic carbocycles. The van der Waals surface area contributed by atoms with Gasteiger partial charge in [-0.25, -0.2) is 9.97 Å². The van der Waals surface area contributed by atoms with Crippen LogP contribution in [0.2, 0.25) is 0 Å². The van der Waals surface area contributed by atoms with E-state index >= 15 is 0 Å². The van der Waals surface area contributed by atoms with Gasteiger partial charge in [-0.2, -0.15) is 4.98 Å². The van der Waals surface area contributed by atoms with Crippen LogP contribution in [0.25, 0.3) is 10.7 Å². The summed E-state index contributed by atoms with van der Waals surface area (Å²) in [6, 6.07) is 3.68. The Balaban J connectivity index is 1.70. The molecule has 0 saturated heterocycles. The second-order valence-electron chi connectivity index (χ2n) is 4.15. The molecule has 3 aromatic heterocycles. The molecule has 0 fully saturated rings. The zero-order valence-corrected chi connectivity index (χ0v) is 14.1. The summed E-state index contributed by atoms with van der Waals surface area (Å²) < 4.78 is 6.24. The first-order valence-corrected chi connectivity index (χ1v) is 8.57. The third kappa shape index (κ3) is 3.60. The van der Waals surface area contributed by atoms with E-state index in [0.717, 1.165) is 15.0 Å². The molecule has 0 saturated carbocycles. The van der Waals surface area contributed by atoms with Gasteiger partial charge in [-0.3, -0.25) is 0 Å². The van der Waals surface area contributed by atoms with Gasteiger partial charge >= 0.3 is 0 Å². The number of thiophene rings is 1. The first-order valence-electron chi connectivity index (χ1n) is 5.91. The molecule has 9 heteroatoms. The first kappa shape index (κ1) is 14.5. The highest BCUT2D eigenvalue weighted by Gasteiger charge is 2.12. The number of nitrogens with two attached hydrogens (primary N) is 1. The van der Waals surface area contributed by atoms with Gasteiger partial charge in [0.2, 0.25) is 11.7 Å². The lowest BCUT2D eigenvalue weighted by Crippen LogP contribution is -1.96. The van der Waals surface area contributed by atoms with Crippen molar-refractivity contribution in [2.45, 2.75) is 17.8 Å². The molecule has 0 unspecified atom stereocenters. The normalized spacial score (nSPS) is 11.0. The number of nitrogen functional groups attached to an aromatic ring is 1. The number of halogens is 1. The molecule has 0 aromatic carbocycles. The number of hydrogen-bond donors (Lipinski definition) is 1. The molecule has 21 heavy (non-hydrogen) atoms. The SMILES string of the molecule is Cc1cc(N)nc(SCc2nc(-c3cc(Br)cs3)no2)n1. The Morgan fingerprint density at radius 3 is 2.90 bits per heavy atom. The molecular formula is C12H10BrN5OS2. The maximum absolute atomic E-state index is 5.69. The lowest BCUT2D eigenvalue weighted by Gasteiger charge is -2.00. The van der Waals surface area contributed by atoms with Gasteiger partial charge in [0.1, 0.15) is 5.82 Å². The molecule has 0 aliphatic rings. The Bertz CT molecular complexity index is 752. The fraction of sp³-hybridized carbons (Fsp3) is 0.167. The Kier molecular flexibility index (Phi) is 4.22. The summed E-state index contributed by atoms with van der Waals surface area (Å²) in [4.78, 5) is 13.8. The van der Waals surface area contributed by atoms with Crippen LogP contribution >= 0.6 is 39.0 Å². The Labute approximate surface area is 137 Å². The topological polar surface area (TPSA) is 90.7 Å². The van der Waals surface area contributed by atoms with Crippen LogP contribution in [-0.2, 0) is 5.75 Å². The van der Waals surface area contributed by atoms with Crippen molar-refractivity contribution in [2.24, 2.45) is 0 Å². The van der Waals surface area contributed by atoms with Crippen molar-refractivity contribution in [3.05, 3.63) is 33.6 Å². The molecule has 0 amide bonds. The molecule has 0 bridgehead atoms. The van der Waals surface area contributed by atoms with E-state index in [1.807, 2.05) is 18.4 Å². The van der Waals surface area contributed by atoms with Crippen LogP contribution in [0, 0.1) is 6.92 Å². The van der Waals surface area contributed by atoms with Crippen molar-refractivity contribution < 1.29 is 4.52 Å². The summed E-state index contributed by atoms with van der Waals surface area (Å²) >= 11 is 6.37. The molecule has 3 aromatic rings. The zero-order valence-electron chi connectivity index (χ0n) is 10.9. The molecular weight excluding hydrogens is 374 g/mol. The number of anilines is 1. The van der Waals surface area contributed by atoms with Crippen molar-refractivity contribution in [3.63, 3.8) is 0 Å². The van der Waals surface area contributed by atoms with Gasteiger partial charge in [0.05, 0.1) is 10.6 Å². The van der Waals surface area contributed by atoms with Gasteiger partial charge in [0.15, 0.2) is 5.16 Å². The molecule has 6 nitrogen and oxygen atoms in total. The minimum Gasteiger partial charge on any atom is -0.384 e. The smallest absolute Gasteiger partial charge is 0.237 e. The lowest BCUT2D eigenvalue weighted by atomic mass is 10.4. The minimum atomic E-state index is 0.458. The van der Waals surface area contributed by atoms with E-state index in [2.05, 4.69) is 36.0 Å². The highest BCUT2D eigenvalue weighted by atomic mass is 79.9. The maximum atomic E-state index is 5.69. The van der Waals surface area contributed by atoms with E-state index in [0.29, 0.717) is 28.4 Å². The molecule has 0 spiro atoms. The number of rotatable bonds is 4. The van der Waals surface area contributed by atoms with E-state index < -0.39 is 0 Å². The minimum absolute atomic E-state index is 0.458. The van der Waals surface area contributed by atoms with Crippen molar-refractivity contribution in [2.75, 3.05) is 5.73 Å². The summed E-state index contributed by atoms with van der Waals surface area (Å²) in [5.41, 5.74) is 6.52. The average molecular weight is 384 g/mol. The van der Waals surface area contributed by atoms with Crippen molar-refractivity contribution in [1.82, 2.24) is 20.1 Å². The molecule has 3 rings (SSSR count). The van der Waals surface area contributed by atoms with Crippen LogP contribution in [0.15, 0.2) is 31.7 Å². The van der Waals surface area contributed by atoms with Crippen LogP contribution in [0.3, 0.4) is 0 Å². The van der Waals surface area contributed by atoms with Crippen LogP contribution in [0.1, 0.15) is 11.6 Å². The summed E-state index contributed by atoms with van der Waals surface area (Å²) in [7, 11) is 0. The fourth-order valence-corrected chi connectivity index (χ4v) is 3.70. The van der Waals surface area contributed by atoms with Crippen molar-refractivity contribution >= 4 is 44.8 Å². The first-order chi connectivity index (χ1) is 10.1. The van der Waals surface area contributed by atoms with E-state index in [1.54, 1.807) is 17.4 Å². The molecule has 0 radical (unpaired) electrons. The number of nitrogens with zero attached hydrogens (tertiary/aromatic N) is 4. The summed E-state index contributed by atoms with van der Waals surface area (Å²) in [5, 5.41) is 6.55. The number of aryl methyl sites for hydroxylation is 1. The Morgan fingerprint density at radius 1 is 1.33 bits per heavy atom. The van der Waals surface area contributed by atoms with Gasteiger partial charge in [-0.15, -0.1) is 11.3 Å². The molecule has 108 valence electrons. The van der Waals surface area contributed by atoms with Gasteiger partial charge < -0.3 is 10.3 Å². The molecule has 2 N–H and O–H groups in total.